The van der Waals surface area contributed by atoms with Gasteiger partial charge in [-0.25, -0.2) is 0 Å². The molecule has 2 fully saturated rings. The van der Waals surface area contributed by atoms with Crippen LogP contribution >= 0.6 is 0 Å². The minimum Gasteiger partial charge on any atom is -0.333 e. The first-order valence-electron chi connectivity index (χ1n) is 6.45. The molecule has 3 nitrogen and oxygen atoms in total. The monoisotopic (exact) mass is 230 g/mol. The largest absolute Gasteiger partial charge is 0.333 e. The van der Waals surface area contributed by atoms with E-state index in [1.165, 1.54) is 12.8 Å². The molecule has 1 aromatic carbocycles. The van der Waals surface area contributed by atoms with E-state index in [4.69, 9.17) is 0 Å². The molecule has 2 atom stereocenters. The van der Waals surface area contributed by atoms with E-state index in [0.717, 1.165) is 25.1 Å². The van der Waals surface area contributed by atoms with Crippen molar-refractivity contribution in [3.05, 3.63) is 35.9 Å². The van der Waals surface area contributed by atoms with Gasteiger partial charge in [-0.05, 0) is 31.4 Å². The number of nitrogens with one attached hydrogen (secondary N) is 1. The van der Waals surface area contributed by atoms with Crippen LogP contribution in [0.3, 0.4) is 0 Å². The Morgan fingerprint density at radius 1 is 1.24 bits per heavy atom. The molecule has 3 heteroatoms. The Bertz CT molecular complexity index is 404. The molecule has 2 aliphatic rings. The van der Waals surface area contributed by atoms with Crippen LogP contribution < -0.4 is 5.32 Å². The van der Waals surface area contributed by atoms with Crippen molar-refractivity contribution in [2.24, 2.45) is 0 Å². The van der Waals surface area contributed by atoms with Gasteiger partial charge in [0.05, 0.1) is 0 Å². The molecule has 1 aliphatic carbocycles. The Hall–Kier alpha value is -1.35. The average molecular weight is 230 g/mol. The van der Waals surface area contributed by atoms with Crippen molar-refractivity contribution in [1.29, 1.82) is 0 Å². The summed E-state index contributed by atoms with van der Waals surface area (Å²) in [6, 6.07) is 10.6. The van der Waals surface area contributed by atoms with Crippen LogP contribution in [0.2, 0.25) is 0 Å². The van der Waals surface area contributed by atoms with Crippen LogP contribution in [0, 0.1) is 0 Å². The van der Waals surface area contributed by atoms with E-state index in [-0.39, 0.29) is 5.91 Å². The molecule has 1 aliphatic heterocycles. The molecular formula is C14H18N2O. The fraction of sp³-hybridized carbons (Fsp3) is 0.500. The number of hydrogen-bond acceptors (Lipinski definition) is 2. The van der Waals surface area contributed by atoms with E-state index in [1.54, 1.807) is 0 Å². The van der Waals surface area contributed by atoms with Gasteiger partial charge in [-0.2, -0.15) is 0 Å². The summed E-state index contributed by atoms with van der Waals surface area (Å²) in [6.07, 6.45) is 3.60. The van der Waals surface area contributed by atoms with Gasteiger partial charge in [0, 0.05) is 30.7 Å². The molecule has 0 spiro atoms. The highest BCUT2D eigenvalue weighted by Gasteiger charge is 2.37. The van der Waals surface area contributed by atoms with E-state index in [0.29, 0.717) is 12.1 Å². The zero-order valence-electron chi connectivity index (χ0n) is 9.93. The van der Waals surface area contributed by atoms with Crippen molar-refractivity contribution in [3.8, 4) is 0 Å². The summed E-state index contributed by atoms with van der Waals surface area (Å²) in [4.78, 5) is 14.5. The Kier molecular flexibility index (Phi) is 2.85. The summed E-state index contributed by atoms with van der Waals surface area (Å²) in [6.45, 7) is 1.77. The maximum absolute atomic E-state index is 12.4. The fourth-order valence-electron chi connectivity index (χ4n) is 3.09. The van der Waals surface area contributed by atoms with Crippen molar-refractivity contribution < 1.29 is 4.79 Å². The van der Waals surface area contributed by atoms with Gasteiger partial charge in [0.25, 0.3) is 5.91 Å². The first-order valence-corrected chi connectivity index (χ1v) is 6.45. The molecule has 3 rings (SSSR count). The van der Waals surface area contributed by atoms with E-state index in [9.17, 15) is 4.79 Å². The maximum atomic E-state index is 12.4. The van der Waals surface area contributed by atoms with E-state index in [1.807, 2.05) is 30.3 Å². The average Bonchev–Trinajstić information content (AvgIpc) is 2.87. The molecule has 2 unspecified atom stereocenters. The summed E-state index contributed by atoms with van der Waals surface area (Å²) in [5.74, 6) is 0.198. The topological polar surface area (TPSA) is 32.3 Å². The first kappa shape index (κ1) is 10.8. The molecule has 1 aromatic rings. The lowest BCUT2D eigenvalue weighted by atomic mass is 10.1. The predicted octanol–water partition coefficient (Wildman–Crippen LogP) is 1.65. The molecule has 1 saturated heterocycles. The van der Waals surface area contributed by atoms with E-state index < -0.39 is 0 Å². The smallest absolute Gasteiger partial charge is 0.254 e. The highest BCUT2D eigenvalue weighted by molar-refractivity contribution is 5.94. The van der Waals surface area contributed by atoms with Crippen molar-refractivity contribution in [2.45, 2.75) is 31.3 Å². The minimum atomic E-state index is 0.198. The highest BCUT2D eigenvalue weighted by atomic mass is 16.2. The molecule has 1 saturated carbocycles. The molecule has 0 aromatic heterocycles. The van der Waals surface area contributed by atoms with Gasteiger partial charge in [0.2, 0.25) is 0 Å². The lowest BCUT2D eigenvalue weighted by molar-refractivity contribution is 0.0599. The van der Waals surface area contributed by atoms with Crippen LogP contribution in [0.4, 0.5) is 0 Å². The Balaban J connectivity index is 1.81. The summed E-state index contributed by atoms with van der Waals surface area (Å²) < 4.78 is 0. The number of hydrogen-bond donors (Lipinski definition) is 1. The second kappa shape index (κ2) is 4.49. The fourth-order valence-corrected chi connectivity index (χ4v) is 3.09. The lowest BCUT2D eigenvalue weighted by Crippen LogP contribution is -2.57. The van der Waals surface area contributed by atoms with Gasteiger partial charge in [-0.3, -0.25) is 4.79 Å². The SMILES string of the molecule is O=C(c1ccccc1)N1CCNC2CCCC21. The zero-order chi connectivity index (χ0) is 11.7. The zero-order valence-corrected chi connectivity index (χ0v) is 9.93. The Labute approximate surface area is 102 Å². The third-order valence-corrected chi connectivity index (χ3v) is 3.92. The van der Waals surface area contributed by atoms with Gasteiger partial charge in [-0.1, -0.05) is 18.2 Å². The molecule has 1 heterocycles. The normalized spacial score (nSPS) is 27.9. The molecular weight excluding hydrogens is 212 g/mol. The van der Waals surface area contributed by atoms with Crippen molar-refractivity contribution in [2.75, 3.05) is 13.1 Å². The number of carbonyl (C=O) groups excluding carboxylic acids is 1. The number of fused-ring (bicyclic) bond motifs is 1. The third kappa shape index (κ3) is 1.95. The number of rotatable bonds is 1. The summed E-state index contributed by atoms with van der Waals surface area (Å²) in [7, 11) is 0. The maximum Gasteiger partial charge on any atom is 0.254 e. The molecule has 1 amide bonds. The molecule has 17 heavy (non-hydrogen) atoms. The van der Waals surface area contributed by atoms with Crippen molar-refractivity contribution >= 4 is 5.91 Å². The standard InChI is InChI=1S/C14H18N2O/c17-14(11-5-2-1-3-6-11)16-10-9-15-12-7-4-8-13(12)16/h1-3,5-6,12-13,15H,4,7-10H2. The second-order valence-electron chi connectivity index (χ2n) is 4.92. The number of nitrogens with zero attached hydrogens (tertiary/aromatic N) is 1. The van der Waals surface area contributed by atoms with Crippen molar-refractivity contribution in [1.82, 2.24) is 10.2 Å². The molecule has 0 bridgehead atoms. The number of amides is 1. The number of benzene rings is 1. The Morgan fingerprint density at radius 3 is 2.88 bits per heavy atom. The third-order valence-electron chi connectivity index (χ3n) is 3.92. The van der Waals surface area contributed by atoms with Crippen LogP contribution in [0.5, 0.6) is 0 Å². The molecule has 1 N–H and O–H groups in total. The van der Waals surface area contributed by atoms with Crippen molar-refractivity contribution in [3.63, 3.8) is 0 Å². The second-order valence-corrected chi connectivity index (χ2v) is 4.92. The summed E-state index contributed by atoms with van der Waals surface area (Å²) in [5, 5.41) is 3.52. The van der Waals surface area contributed by atoms with Gasteiger partial charge in [-0.15, -0.1) is 0 Å². The van der Waals surface area contributed by atoms with Crippen LogP contribution in [0.25, 0.3) is 0 Å². The summed E-state index contributed by atoms with van der Waals surface area (Å²) >= 11 is 0. The van der Waals surface area contributed by atoms with Gasteiger partial charge in [0.1, 0.15) is 0 Å². The van der Waals surface area contributed by atoms with Crippen LogP contribution in [-0.2, 0) is 0 Å². The van der Waals surface area contributed by atoms with Gasteiger partial charge < -0.3 is 10.2 Å². The van der Waals surface area contributed by atoms with Crippen LogP contribution in [0.15, 0.2) is 30.3 Å². The lowest BCUT2D eigenvalue weighted by Gasteiger charge is -2.38. The summed E-state index contributed by atoms with van der Waals surface area (Å²) in [5.41, 5.74) is 0.819. The predicted molar refractivity (Wildman–Crippen MR) is 66.9 cm³/mol. The van der Waals surface area contributed by atoms with Gasteiger partial charge >= 0.3 is 0 Å². The van der Waals surface area contributed by atoms with E-state index in [2.05, 4.69) is 10.2 Å². The molecule has 90 valence electrons. The van der Waals surface area contributed by atoms with E-state index >= 15 is 0 Å². The van der Waals surface area contributed by atoms with Crippen LogP contribution in [0.1, 0.15) is 29.6 Å². The quantitative estimate of drug-likeness (QED) is 0.795. The first-order chi connectivity index (χ1) is 8.36. The van der Waals surface area contributed by atoms with Gasteiger partial charge in [0.15, 0.2) is 0 Å². The Morgan fingerprint density at radius 2 is 2.06 bits per heavy atom. The number of carbonyl (C=O) groups is 1. The molecule has 0 radical (unpaired) electrons. The minimum absolute atomic E-state index is 0.198. The number of piperazine rings is 1. The van der Waals surface area contributed by atoms with Crippen LogP contribution in [-0.4, -0.2) is 36.0 Å². The highest BCUT2D eigenvalue weighted by Crippen LogP contribution is 2.27.